The summed E-state index contributed by atoms with van der Waals surface area (Å²) in [6.07, 6.45) is 1.49. The van der Waals surface area contributed by atoms with E-state index in [1.165, 1.54) is 6.07 Å². The van der Waals surface area contributed by atoms with Crippen LogP contribution >= 0.6 is 0 Å². The van der Waals surface area contributed by atoms with Crippen LogP contribution in [-0.2, 0) is 12.0 Å². The van der Waals surface area contributed by atoms with Crippen molar-refractivity contribution in [1.29, 1.82) is 0 Å². The van der Waals surface area contributed by atoms with Crippen molar-refractivity contribution in [3.05, 3.63) is 58.9 Å². The molecular weight excluding hydrogens is 269 g/mol. The van der Waals surface area contributed by atoms with E-state index in [1.54, 1.807) is 26.4 Å². The van der Waals surface area contributed by atoms with Gasteiger partial charge in [0, 0.05) is 11.6 Å². The molecule has 0 radical (unpaired) electrons. The van der Waals surface area contributed by atoms with Crippen LogP contribution in [0.4, 0.5) is 4.39 Å². The molecule has 110 valence electrons. The topological polar surface area (TPSA) is 44.5 Å². The molecule has 21 heavy (non-hydrogen) atoms. The summed E-state index contributed by atoms with van der Waals surface area (Å²) in [6, 6.07) is 10.4. The molecule has 2 N–H and O–H groups in total. The van der Waals surface area contributed by atoms with Crippen LogP contribution in [-0.4, -0.2) is 14.2 Å². The first-order valence-electron chi connectivity index (χ1n) is 6.89. The summed E-state index contributed by atoms with van der Waals surface area (Å²) in [4.78, 5) is 0. The van der Waals surface area contributed by atoms with Crippen molar-refractivity contribution in [3.63, 3.8) is 0 Å². The number of rotatable bonds is 3. The Morgan fingerprint density at radius 1 is 1.05 bits per heavy atom. The predicted octanol–water partition coefficient (Wildman–Crippen LogP) is 2.99. The zero-order chi connectivity index (χ0) is 15.0. The van der Waals surface area contributed by atoms with E-state index < -0.39 is 5.54 Å². The Labute approximate surface area is 123 Å². The minimum Gasteiger partial charge on any atom is -0.497 e. The smallest absolute Gasteiger partial charge is 0.127 e. The van der Waals surface area contributed by atoms with Crippen LogP contribution in [0, 0.1) is 5.82 Å². The van der Waals surface area contributed by atoms with Crippen molar-refractivity contribution in [2.24, 2.45) is 5.73 Å². The Morgan fingerprint density at radius 3 is 2.52 bits per heavy atom. The third-order valence-corrected chi connectivity index (χ3v) is 4.23. The summed E-state index contributed by atoms with van der Waals surface area (Å²) >= 11 is 0. The van der Waals surface area contributed by atoms with Gasteiger partial charge in [0.25, 0.3) is 0 Å². The van der Waals surface area contributed by atoms with Gasteiger partial charge in [-0.1, -0.05) is 6.07 Å². The van der Waals surface area contributed by atoms with Crippen molar-refractivity contribution < 1.29 is 13.9 Å². The molecule has 0 amide bonds. The number of nitrogens with two attached hydrogens (primary N) is 1. The Kier molecular flexibility index (Phi) is 3.33. The van der Waals surface area contributed by atoms with Crippen LogP contribution in [0.25, 0.3) is 0 Å². The van der Waals surface area contributed by atoms with E-state index >= 15 is 0 Å². The Bertz CT molecular complexity index is 686. The van der Waals surface area contributed by atoms with Crippen LogP contribution in [0.5, 0.6) is 11.5 Å². The summed E-state index contributed by atoms with van der Waals surface area (Å²) in [5.41, 5.74) is 8.85. The van der Waals surface area contributed by atoms with E-state index in [9.17, 15) is 4.39 Å². The van der Waals surface area contributed by atoms with Crippen molar-refractivity contribution in [3.8, 4) is 11.5 Å². The predicted molar refractivity (Wildman–Crippen MR) is 79.2 cm³/mol. The van der Waals surface area contributed by atoms with E-state index in [0.717, 1.165) is 35.3 Å². The van der Waals surface area contributed by atoms with Gasteiger partial charge < -0.3 is 15.2 Å². The maximum atomic E-state index is 13.4. The molecule has 0 aromatic heterocycles. The zero-order valence-corrected chi connectivity index (χ0v) is 12.2. The highest BCUT2D eigenvalue weighted by Gasteiger charge is 2.38. The molecule has 1 aliphatic rings. The highest BCUT2D eigenvalue weighted by atomic mass is 19.1. The van der Waals surface area contributed by atoms with Gasteiger partial charge in [0.05, 0.1) is 19.8 Å². The Morgan fingerprint density at radius 2 is 1.81 bits per heavy atom. The highest BCUT2D eigenvalue weighted by molar-refractivity contribution is 5.53. The number of benzene rings is 2. The quantitative estimate of drug-likeness (QED) is 0.944. The van der Waals surface area contributed by atoms with E-state index in [-0.39, 0.29) is 5.82 Å². The fourth-order valence-corrected chi connectivity index (χ4v) is 3.12. The fraction of sp³-hybridized carbons (Fsp3) is 0.294. The van der Waals surface area contributed by atoms with Gasteiger partial charge in [-0.25, -0.2) is 4.39 Å². The standard InChI is InChI=1S/C17H18FNO2/c1-20-13-4-6-15(16(10-13)21-2)17(19)8-7-11-9-12(18)3-5-14(11)17/h3-6,9-10H,7-8,19H2,1-2H3. The molecule has 0 bridgehead atoms. The molecule has 1 unspecified atom stereocenters. The van der Waals surface area contributed by atoms with Crippen molar-refractivity contribution in [2.75, 3.05) is 14.2 Å². The molecule has 0 heterocycles. The fourth-order valence-electron chi connectivity index (χ4n) is 3.12. The van der Waals surface area contributed by atoms with E-state index in [4.69, 9.17) is 15.2 Å². The van der Waals surface area contributed by atoms with Gasteiger partial charge in [0.15, 0.2) is 0 Å². The monoisotopic (exact) mass is 287 g/mol. The van der Waals surface area contributed by atoms with Gasteiger partial charge in [0.2, 0.25) is 0 Å². The third-order valence-electron chi connectivity index (χ3n) is 4.23. The number of aryl methyl sites for hydroxylation is 1. The second kappa shape index (κ2) is 5.04. The first-order valence-corrected chi connectivity index (χ1v) is 6.89. The number of hydrogen-bond acceptors (Lipinski definition) is 3. The number of halogens is 1. The minimum absolute atomic E-state index is 0.223. The van der Waals surface area contributed by atoms with Crippen LogP contribution < -0.4 is 15.2 Å². The number of methoxy groups -OCH3 is 2. The first-order chi connectivity index (χ1) is 10.1. The normalized spacial score (nSPS) is 20.2. The molecule has 3 rings (SSSR count). The van der Waals surface area contributed by atoms with Crippen molar-refractivity contribution in [2.45, 2.75) is 18.4 Å². The number of hydrogen-bond donors (Lipinski definition) is 1. The molecule has 1 aliphatic carbocycles. The number of ether oxygens (including phenoxy) is 2. The van der Waals surface area contributed by atoms with Crippen LogP contribution in [0.1, 0.15) is 23.1 Å². The second-order valence-electron chi connectivity index (χ2n) is 5.34. The molecule has 0 saturated heterocycles. The Balaban J connectivity index is 2.13. The average molecular weight is 287 g/mol. The molecule has 0 saturated carbocycles. The zero-order valence-electron chi connectivity index (χ0n) is 12.2. The Hall–Kier alpha value is -2.07. The van der Waals surface area contributed by atoms with Gasteiger partial charge >= 0.3 is 0 Å². The highest BCUT2D eigenvalue weighted by Crippen LogP contribution is 2.44. The molecule has 4 heteroatoms. The second-order valence-corrected chi connectivity index (χ2v) is 5.34. The summed E-state index contributed by atoms with van der Waals surface area (Å²) < 4.78 is 24.1. The van der Waals surface area contributed by atoms with Crippen LogP contribution in [0.15, 0.2) is 36.4 Å². The van der Waals surface area contributed by atoms with E-state index in [1.807, 2.05) is 18.2 Å². The maximum Gasteiger partial charge on any atom is 0.127 e. The summed E-state index contributed by atoms with van der Waals surface area (Å²) in [5.74, 6) is 1.19. The molecule has 0 aliphatic heterocycles. The SMILES string of the molecule is COc1ccc(C2(N)CCc3cc(F)ccc32)c(OC)c1. The lowest BCUT2D eigenvalue weighted by molar-refractivity contribution is 0.380. The van der Waals surface area contributed by atoms with Gasteiger partial charge in [0.1, 0.15) is 17.3 Å². The molecule has 0 fully saturated rings. The van der Waals surface area contributed by atoms with Gasteiger partial charge in [-0.05, 0) is 48.2 Å². The van der Waals surface area contributed by atoms with E-state index in [0.29, 0.717) is 5.75 Å². The molecule has 2 aromatic rings. The average Bonchev–Trinajstić information content (AvgIpc) is 2.84. The van der Waals surface area contributed by atoms with Gasteiger partial charge in [-0.15, -0.1) is 0 Å². The molecule has 2 aromatic carbocycles. The molecular formula is C17H18FNO2. The van der Waals surface area contributed by atoms with Gasteiger partial charge in [-0.2, -0.15) is 0 Å². The van der Waals surface area contributed by atoms with Crippen molar-refractivity contribution >= 4 is 0 Å². The van der Waals surface area contributed by atoms with Crippen LogP contribution in [0.2, 0.25) is 0 Å². The third kappa shape index (κ3) is 2.16. The maximum absolute atomic E-state index is 13.4. The molecule has 1 atom stereocenters. The summed E-state index contributed by atoms with van der Waals surface area (Å²) in [7, 11) is 3.22. The van der Waals surface area contributed by atoms with Crippen LogP contribution in [0.3, 0.4) is 0 Å². The molecule has 3 nitrogen and oxygen atoms in total. The lowest BCUT2D eigenvalue weighted by Crippen LogP contribution is -2.35. The lowest BCUT2D eigenvalue weighted by atomic mass is 9.84. The summed E-state index contributed by atoms with van der Waals surface area (Å²) in [6.45, 7) is 0. The number of fused-ring (bicyclic) bond motifs is 1. The summed E-state index contributed by atoms with van der Waals surface area (Å²) in [5, 5.41) is 0. The van der Waals surface area contributed by atoms with Gasteiger partial charge in [-0.3, -0.25) is 0 Å². The molecule has 0 spiro atoms. The lowest BCUT2D eigenvalue weighted by Gasteiger charge is -2.28. The minimum atomic E-state index is -0.652. The van der Waals surface area contributed by atoms with E-state index in [2.05, 4.69) is 0 Å². The largest absolute Gasteiger partial charge is 0.497 e. The van der Waals surface area contributed by atoms with Crippen molar-refractivity contribution in [1.82, 2.24) is 0 Å². The first kappa shape index (κ1) is 13.9.